The lowest BCUT2D eigenvalue weighted by Crippen LogP contribution is -2.30. The Bertz CT molecular complexity index is 1040. The molecule has 0 aliphatic heterocycles. The molecule has 0 bridgehead atoms. The van der Waals surface area contributed by atoms with E-state index in [0.29, 0.717) is 18.5 Å². The van der Waals surface area contributed by atoms with Gasteiger partial charge in [-0.3, -0.25) is 14.3 Å². The zero-order valence-corrected chi connectivity index (χ0v) is 14.1. The highest BCUT2D eigenvalue weighted by atomic mass is 16.2. The number of amides is 1. The molecule has 0 atom stereocenters. The first-order valence-corrected chi connectivity index (χ1v) is 7.82. The summed E-state index contributed by atoms with van der Waals surface area (Å²) in [6.45, 7) is 2.63. The maximum Gasteiger partial charge on any atom is 0.259 e. The Morgan fingerprint density at radius 3 is 3.00 bits per heavy atom. The number of pyridine rings is 1. The molecule has 3 rings (SSSR count). The monoisotopic (exact) mass is 334 g/mol. The molecule has 2 aromatic heterocycles. The normalized spacial score (nSPS) is 10.6. The van der Waals surface area contributed by atoms with E-state index in [2.05, 4.69) is 16.0 Å². The number of terminal acetylenes is 1. The van der Waals surface area contributed by atoms with E-state index in [4.69, 9.17) is 6.42 Å². The van der Waals surface area contributed by atoms with Crippen molar-refractivity contribution >= 4 is 16.8 Å². The number of aryl methyl sites for hydroxylation is 1. The summed E-state index contributed by atoms with van der Waals surface area (Å²) in [5, 5.41) is 4.64. The predicted molar refractivity (Wildman–Crippen MR) is 96.2 cm³/mol. The minimum absolute atomic E-state index is 0.122. The number of H-pyrrole nitrogens is 1. The van der Waals surface area contributed by atoms with Crippen LogP contribution in [0.5, 0.6) is 0 Å². The fraction of sp³-hybridized carbons (Fsp3) is 0.211. The highest BCUT2D eigenvalue weighted by molar-refractivity contribution is 5.97. The number of carbonyl (C=O) groups is 1. The number of hydrogen-bond donors (Lipinski definition) is 1. The lowest BCUT2D eigenvalue weighted by molar-refractivity contribution is 0.0783. The van der Waals surface area contributed by atoms with Crippen molar-refractivity contribution in [2.45, 2.75) is 20.0 Å². The van der Waals surface area contributed by atoms with Gasteiger partial charge in [-0.05, 0) is 18.6 Å². The molecule has 2 heterocycles. The van der Waals surface area contributed by atoms with Crippen LogP contribution in [0.4, 0.5) is 0 Å². The summed E-state index contributed by atoms with van der Waals surface area (Å²) in [4.78, 5) is 29.9. The van der Waals surface area contributed by atoms with Crippen LogP contribution in [0.1, 0.15) is 21.5 Å². The third-order valence-electron chi connectivity index (χ3n) is 4.06. The topological polar surface area (TPSA) is 71.0 Å². The van der Waals surface area contributed by atoms with Crippen molar-refractivity contribution in [3.8, 4) is 12.3 Å². The van der Waals surface area contributed by atoms with Gasteiger partial charge in [-0.1, -0.05) is 18.1 Å². The molecule has 0 radical (unpaired) electrons. The van der Waals surface area contributed by atoms with Crippen molar-refractivity contribution in [1.82, 2.24) is 19.7 Å². The summed E-state index contributed by atoms with van der Waals surface area (Å²) >= 11 is 0. The molecule has 1 aromatic carbocycles. The first-order chi connectivity index (χ1) is 12.0. The van der Waals surface area contributed by atoms with Crippen LogP contribution in [0.15, 0.2) is 41.6 Å². The largest absolute Gasteiger partial charge is 0.360 e. The Labute approximate surface area is 145 Å². The molecule has 0 aliphatic carbocycles. The van der Waals surface area contributed by atoms with Crippen molar-refractivity contribution < 1.29 is 4.79 Å². The molecule has 6 heteroatoms. The van der Waals surface area contributed by atoms with Crippen LogP contribution in [0.25, 0.3) is 10.9 Å². The van der Waals surface area contributed by atoms with Gasteiger partial charge in [-0.25, -0.2) is 0 Å². The molecule has 126 valence electrons. The average molecular weight is 334 g/mol. The van der Waals surface area contributed by atoms with Crippen LogP contribution in [0, 0.1) is 19.3 Å². The van der Waals surface area contributed by atoms with Gasteiger partial charge in [0.2, 0.25) is 5.43 Å². The van der Waals surface area contributed by atoms with E-state index in [1.54, 1.807) is 30.2 Å². The predicted octanol–water partition coefficient (Wildman–Crippen LogP) is 1.94. The van der Waals surface area contributed by atoms with E-state index < -0.39 is 0 Å². The van der Waals surface area contributed by atoms with Crippen LogP contribution in [0.3, 0.4) is 0 Å². The van der Waals surface area contributed by atoms with Crippen molar-refractivity contribution in [2.24, 2.45) is 0 Å². The summed E-state index contributed by atoms with van der Waals surface area (Å²) in [7, 11) is 1.65. The maximum atomic E-state index is 12.7. The molecule has 0 fully saturated rings. The van der Waals surface area contributed by atoms with Crippen LogP contribution in [-0.4, -0.2) is 32.6 Å². The molecule has 1 N–H and O–H groups in total. The van der Waals surface area contributed by atoms with Gasteiger partial charge < -0.3 is 9.88 Å². The highest BCUT2D eigenvalue weighted by Gasteiger charge is 2.18. The first kappa shape index (κ1) is 16.5. The second kappa shape index (κ2) is 6.65. The van der Waals surface area contributed by atoms with E-state index in [0.717, 1.165) is 16.6 Å². The molecule has 1 amide bonds. The fourth-order valence-corrected chi connectivity index (χ4v) is 2.78. The number of hydrogen-bond acceptors (Lipinski definition) is 3. The molecule has 0 saturated carbocycles. The minimum atomic E-state index is -0.339. The number of nitrogens with one attached hydrogen (secondary N) is 1. The first-order valence-electron chi connectivity index (χ1n) is 7.82. The van der Waals surface area contributed by atoms with Crippen LogP contribution in [0.2, 0.25) is 0 Å². The molecule has 0 saturated heterocycles. The number of aromatic amines is 1. The summed E-state index contributed by atoms with van der Waals surface area (Å²) in [5.74, 6) is 2.16. The molecule has 3 aromatic rings. The van der Waals surface area contributed by atoms with Crippen LogP contribution >= 0.6 is 0 Å². The Balaban J connectivity index is 1.87. The maximum absolute atomic E-state index is 12.7. The number of rotatable bonds is 4. The zero-order chi connectivity index (χ0) is 18.0. The molecule has 0 spiro atoms. The molecular formula is C19H18N4O2. The summed E-state index contributed by atoms with van der Waals surface area (Å²) in [5.41, 5.74) is 2.42. The van der Waals surface area contributed by atoms with E-state index in [1.165, 1.54) is 11.1 Å². The second-order valence-electron chi connectivity index (χ2n) is 5.94. The second-order valence-corrected chi connectivity index (χ2v) is 5.94. The lowest BCUT2D eigenvalue weighted by atomic mass is 10.1. The number of benzene rings is 1. The Hall–Kier alpha value is -3.33. The molecular weight excluding hydrogens is 316 g/mol. The fourth-order valence-electron chi connectivity index (χ4n) is 2.78. The molecule has 0 aliphatic rings. The van der Waals surface area contributed by atoms with E-state index in [-0.39, 0.29) is 16.9 Å². The van der Waals surface area contributed by atoms with E-state index in [9.17, 15) is 9.59 Å². The third-order valence-corrected chi connectivity index (χ3v) is 4.06. The van der Waals surface area contributed by atoms with Gasteiger partial charge in [0.05, 0.1) is 11.7 Å². The van der Waals surface area contributed by atoms with Gasteiger partial charge >= 0.3 is 0 Å². The van der Waals surface area contributed by atoms with Gasteiger partial charge in [-0.2, -0.15) is 5.10 Å². The highest BCUT2D eigenvalue weighted by Crippen LogP contribution is 2.14. The molecule has 25 heavy (non-hydrogen) atoms. The van der Waals surface area contributed by atoms with Crippen LogP contribution < -0.4 is 5.43 Å². The van der Waals surface area contributed by atoms with Crippen molar-refractivity contribution in [3.05, 3.63) is 63.7 Å². The molecule has 6 nitrogen and oxygen atoms in total. The number of fused-ring (bicyclic) bond motifs is 1. The van der Waals surface area contributed by atoms with Gasteiger partial charge in [-0.15, -0.1) is 6.42 Å². The van der Waals surface area contributed by atoms with Crippen molar-refractivity contribution in [1.29, 1.82) is 0 Å². The van der Waals surface area contributed by atoms with E-state index >= 15 is 0 Å². The van der Waals surface area contributed by atoms with Crippen molar-refractivity contribution in [3.63, 3.8) is 0 Å². The third kappa shape index (κ3) is 3.17. The smallest absolute Gasteiger partial charge is 0.259 e. The number of nitrogens with zero attached hydrogens (tertiary/aromatic N) is 3. The molecule has 0 unspecified atom stereocenters. The van der Waals surface area contributed by atoms with Crippen molar-refractivity contribution in [2.75, 3.05) is 7.05 Å². The van der Waals surface area contributed by atoms with Gasteiger partial charge in [0.1, 0.15) is 12.1 Å². The SMILES string of the molecule is C#CCn1cc(CN(C)C(=O)c2c[nH]c3c(C)cccc3c2=O)cn1. The quantitative estimate of drug-likeness (QED) is 0.741. The Morgan fingerprint density at radius 1 is 1.44 bits per heavy atom. The standard InChI is InChI=1S/C19H18N4O2/c1-4-8-23-12-14(9-21-23)11-22(3)19(25)16-10-20-17-13(2)6-5-7-15(17)18(16)24/h1,5-7,9-10,12H,8,11H2,2-3H3,(H,20,24). The zero-order valence-electron chi connectivity index (χ0n) is 14.1. The number of aromatic nitrogens is 3. The summed E-state index contributed by atoms with van der Waals surface area (Å²) < 4.78 is 1.62. The Morgan fingerprint density at radius 2 is 2.24 bits per heavy atom. The minimum Gasteiger partial charge on any atom is -0.360 e. The average Bonchev–Trinajstić information content (AvgIpc) is 3.03. The lowest BCUT2D eigenvalue weighted by Gasteiger charge is -2.16. The van der Waals surface area contributed by atoms with Gasteiger partial charge in [0, 0.05) is 36.9 Å². The van der Waals surface area contributed by atoms with E-state index in [1.807, 2.05) is 19.1 Å². The summed E-state index contributed by atoms with van der Waals surface area (Å²) in [6.07, 6.45) is 10.2. The summed E-state index contributed by atoms with van der Waals surface area (Å²) in [6, 6.07) is 5.45. The Kier molecular flexibility index (Phi) is 4.40. The number of carbonyl (C=O) groups excluding carboxylic acids is 1. The number of para-hydroxylation sites is 1. The van der Waals surface area contributed by atoms with Gasteiger partial charge in [0.15, 0.2) is 0 Å². The van der Waals surface area contributed by atoms with Gasteiger partial charge in [0.25, 0.3) is 5.91 Å². The van der Waals surface area contributed by atoms with Crippen LogP contribution in [-0.2, 0) is 13.1 Å².